The van der Waals surface area contributed by atoms with Gasteiger partial charge in [0.05, 0.1) is 11.3 Å². The van der Waals surface area contributed by atoms with E-state index >= 15 is 0 Å². The fourth-order valence-electron chi connectivity index (χ4n) is 2.03. The lowest BCUT2D eigenvalue weighted by molar-refractivity contribution is -0.114. The first-order chi connectivity index (χ1) is 10.6. The summed E-state index contributed by atoms with van der Waals surface area (Å²) in [7, 11) is 0. The molecule has 8 heteroatoms. The number of benzene rings is 2. The maximum absolute atomic E-state index is 14.1. The Labute approximate surface area is 127 Å². The van der Waals surface area contributed by atoms with E-state index in [2.05, 4.69) is 5.32 Å². The number of phenols is 1. The summed E-state index contributed by atoms with van der Waals surface area (Å²) in [6.07, 6.45) is 0. The number of aromatic hydroxyl groups is 1. The molecule has 0 atom stereocenters. The highest BCUT2D eigenvalue weighted by Crippen LogP contribution is 2.37. The SMILES string of the molecule is CC(=O)Nc1cc(-c2c(F)c(C)c(F)c(F)c2F)c(F)cc1O. The molecule has 0 aliphatic heterocycles. The van der Waals surface area contributed by atoms with Crippen molar-refractivity contribution in [2.24, 2.45) is 0 Å². The summed E-state index contributed by atoms with van der Waals surface area (Å²) in [6, 6.07) is 1.22. The highest BCUT2D eigenvalue weighted by Gasteiger charge is 2.26. The summed E-state index contributed by atoms with van der Waals surface area (Å²) >= 11 is 0. The molecule has 2 N–H and O–H groups in total. The molecule has 0 heterocycles. The van der Waals surface area contributed by atoms with Crippen molar-refractivity contribution in [2.75, 3.05) is 5.32 Å². The summed E-state index contributed by atoms with van der Waals surface area (Å²) < 4.78 is 68.7. The van der Waals surface area contributed by atoms with E-state index in [4.69, 9.17) is 0 Å². The molecule has 2 aromatic carbocycles. The second kappa shape index (κ2) is 5.86. The van der Waals surface area contributed by atoms with Gasteiger partial charge in [0.15, 0.2) is 17.5 Å². The van der Waals surface area contributed by atoms with E-state index in [0.717, 1.165) is 19.9 Å². The first-order valence-corrected chi connectivity index (χ1v) is 6.28. The number of carbonyl (C=O) groups excluding carboxylic acids is 1. The van der Waals surface area contributed by atoms with Crippen LogP contribution in [0.3, 0.4) is 0 Å². The maximum Gasteiger partial charge on any atom is 0.221 e. The highest BCUT2D eigenvalue weighted by molar-refractivity contribution is 5.91. The summed E-state index contributed by atoms with van der Waals surface area (Å²) in [6.45, 7) is 1.95. The number of nitrogens with one attached hydrogen (secondary N) is 1. The lowest BCUT2D eigenvalue weighted by atomic mass is 9.99. The van der Waals surface area contributed by atoms with Crippen LogP contribution < -0.4 is 5.32 Å². The van der Waals surface area contributed by atoms with Gasteiger partial charge in [-0.3, -0.25) is 4.79 Å². The minimum atomic E-state index is -1.95. The van der Waals surface area contributed by atoms with Crippen LogP contribution in [0, 0.1) is 36.0 Å². The number of anilines is 1. The third-order valence-corrected chi connectivity index (χ3v) is 3.15. The molecule has 0 aliphatic rings. The number of halogens is 5. The molecule has 1 amide bonds. The smallest absolute Gasteiger partial charge is 0.221 e. The number of hydrogen-bond acceptors (Lipinski definition) is 2. The maximum atomic E-state index is 14.1. The van der Waals surface area contributed by atoms with Gasteiger partial charge in [-0.15, -0.1) is 0 Å². The Balaban J connectivity index is 2.80. The molecule has 0 saturated heterocycles. The van der Waals surface area contributed by atoms with E-state index in [-0.39, 0.29) is 5.69 Å². The largest absolute Gasteiger partial charge is 0.506 e. The lowest BCUT2D eigenvalue weighted by Crippen LogP contribution is -2.08. The minimum Gasteiger partial charge on any atom is -0.506 e. The van der Waals surface area contributed by atoms with Gasteiger partial charge in [0.1, 0.15) is 17.4 Å². The molecule has 0 unspecified atom stereocenters. The van der Waals surface area contributed by atoms with E-state index in [1.807, 2.05) is 0 Å². The normalized spacial score (nSPS) is 10.7. The summed E-state index contributed by atoms with van der Waals surface area (Å²) in [5, 5.41) is 11.6. The fraction of sp³-hybridized carbons (Fsp3) is 0.133. The number of amides is 1. The Hall–Kier alpha value is -2.64. The first kappa shape index (κ1) is 16.7. The van der Waals surface area contributed by atoms with Gasteiger partial charge in [-0.25, -0.2) is 22.0 Å². The number of phenolic OH excluding ortho intramolecular Hbond substituents is 1. The van der Waals surface area contributed by atoms with Crippen molar-refractivity contribution in [3.63, 3.8) is 0 Å². The van der Waals surface area contributed by atoms with Crippen molar-refractivity contribution >= 4 is 11.6 Å². The Morgan fingerprint density at radius 3 is 2.17 bits per heavy atom. The minimum absolute atomic E-state index is 0.338. The van der Waals surface area contributed by atoms with Crippen LogP contribution in [0.4, 0.5) is 27.6 Å². The van der Waals surface area contributed by atoms with E-state index in [1.165, 1.54) is 0 Å². The first-order valence-electron chi connectivity index (χ1n) is 6.28. The van der Waals surface area contributed by atoms with Gasteiger partial charge < -0.3 is 10.4 Å². The van der Waals surface area contributed by atoms with Crippen LogP contribution in [-0.2, 0) is 4.79 Å². The number of rotatable bonds is 2. The van der Waals surface area contributed by atoms with E-state index < -0.39 is 57.4 Å². The molecular formula is C15H10F5NO2. The van der Waals surface area contributed by atoms with Crippen LogP contribution in [-0.4, -0.2) is 11.0 Å². The molecule has 2 aromatic rings. The molecule has 0 fully saturated rings. The van der Waals surface area contributed by atoms with Crippen molar-refractivity contribution in [1.82, 2.24) is 0 Å². The van der Waals surface area contributed by atoms with Crippen LogP contribution in [0.5, 0.6) is 5.75 Å². The Morgan fingerprint density at radius 2 is 1.61 bits per heavy atom. The van der Waals surface area contributed by atoms with E-state index in [0.29, 0.717) is 6.07 Å². The van der Waals surface area contributed by atoms with Crippen LogP contribution >= 0.6 is 0 Å². The quantitative estimate of drug-likeness (QED) is 0.378. The summed E-state index contributed by atoms with van der Waals surface area (Å²) in [5.41, 5.74) is -3.07. The second-order valence-electron chi connectivity index (χ2n) is 4.79. The zero-order valence-electron chi connectivity index (χ0n) is 11.9. The zero-order chi connectivity index (χ0) is 17.5. The van der Waals surface area contributed by atoms with Gasteiger partial charge >= 0.3 is 0 Å². The average Bonchev–Trinajstić information content (AvgIpc) is 2.47. The molecule has 122 valence electrons. The monoisotopic (exact) mass is 331 g/mol. The molecule has 0 spiro atoms. The second-order valence-corrected chi connectivity index (χ2v) is 4.79. The Kier molecular flexibility index (Phi) is 4.26. The van der Waals surface area contributed by atoms with Crippen LogP contribution in [0.25, 0.3) is 11.1 Å². The molecule has 2 rings (SSSR count). The Bertz CT molecular complexity index is 791. The van der Waals surface area contributed by atoms with Crippen LogP contribution in [0.15, 0.2) is 12.1 Å². The van der Waals surface area contributed by atoms with Crippen molar-refractivity contribution in [3.05, 3.63) is 46.8 Å². The zero-order valence-corrected chi connectivity index (χ0v) is 11.9. The van der Waals surface area contributed by atoms with Crippen molar-refractivity contribution in [1.29, 1.82) is 0 Å². The average molecular weight is 331 g/mol. The van der Waals surface area contributed by atoms with E-state index in [1.54, 1.807) is 0 Å². The summed E-state index contributed by atoms with van der Waals surface area (Å²) in [5.74, 6) is -9.68. The summed E-state index contributed by atoms with van der Waals surface area (Å²) in [4.78, 5) is 11.0. The van der Waals surface area contributed by atoms with Crippen molar-refractivity contribution in [2.45, 2.75) is 13.8 Å². The van der Waals surface area contributed by atoms with Gasteiger partial charge in [-0.05, 0) is 13.0 Å². The van der Waals surface area contributed by atoms with Crippen molar-refractivity contribution < 1.29 is 31.9 Å². The topological polar surface area (TPSA) is 49.3 Å². The predicted molar refractivity (Wildman–Crippen MR) is 72.4 cm³/mol. The van der Waals surface area contributed by atoms with E-state index in [9.17, 15) is 31.9 Å². The van der Waals surface area contributed by atoms with Gasteiger partial charge in [0.2, 0.25) is 5.91 Å². The number of carbonyl (C=O) groups is 1. The molecular weight excluding hydrogens is 321 g/mol. The third kappa shape index (κ3) is 2.84. The molecule has 3 nitrogen and oxygen atoms in total. The fourth-order valence-corrected chi connectivity index (χ4v) is 2.03. The molecule has 0 radical (unpaired) electrons. The lowest BCUT2D eigenvalue weighted by Gasteiger charge is -2.13. The third-order valence-electron chi connectivity index (χ3n) is 3.15. The molecule has 23 heavy (non-hydrogen) atoms. The standard InChI is InChI=1S/C15H10F5NO2/c1-5-12(17)11(14(19)15(20)13(5)18)7-3-9(21-6(2)22)10(23)4-8(7)16/h3-4,23H,1-2H3,(H,21,22). The molecule has 0 bridgehead atoms. The molecule has 0 aromatic heterocycles. The predicted octanol–water partition coefficient (Wildman–Crippen LogP) is 4.02. The molecule has 0 aliphatic carbocycles. The molecule has 0 saturated carbocycles. The van der Waals surface area contributed by atoms with Gasteiger partial charge in [0, 0.05) is 24.1 Å². The Morgan fingerprint density at radius 1 is 1.00 bits per heavy atom. The van der Waals surface area contributed by atoms with Gasteiger partial charge in [-0.1, -0.05) is 0 Å². The van der Waals surface area contributed by atoms with Gasteiger partial charge in [-0.2, -0.15) is 0 Å². The van der Waals surface area contributed by atoms with Crippen molar-refractivity contribution in [3.8, 4) is 16.9 Å². The van der Waals surface area contributed by atoms with Gasteiger partial charge in [0.25, 0.3) is 0 Å². The number of hydrogen-bond donors (Lipinski definition) is 2. The van der Waals surface area contributed by atoms with Crippen LogP contribution in [0.2, 0.25) is 0 Å². The van der Waals surface area contributed by atoms with Crippen LogP contribution in [0.1, 0.15) is 12.5 Å². The highest BCUT2D eigenvalue weighted by atomic mass is 19.2.